The van der Waals surface area contributed by atoms with E-state index in [1.54, 1.807) is 7.11 Å². The highest BCUT2D eigenvalue weighted by Gasteiger charge is 2.17. The third-order valence-corrected chi connectivity index (χ3v) is 2.47. The standard InChI is InChI=1S/C11H25NO2/c1-9(2)12(6-7-14-5)10(3)8-11(4)13/h9-11,13H,6-8H2,1-5H3. The lowest BCUT2D eigenvalue weighted by Gasteiger charge is -2.33. The van der Waals surface area contributed by atoms with Crippen LogP contribution in [-0.2, 0) is 4.74 Å². The van der Waals surface area contributed by atoms with E-state index in [0.29, 0.717) is 12.1 Å². The maximum Gasteiger partial charge on any atom is 0.0589 e. The van der Waals surface area contributed by atoms with E-state index in [9.17, 15) is 5.11 Å². The Morgan fingerprint density at radius 2 is 1.79 bits per heavy atom. The van der Waals surface area contributed by atoms with Gasteiger partial charge in [-0.1, -0.05) is 0 Å². The Morgan fingerprint density at radius 3 is 2.14 bits per heavy atom. The molecule has 0 saturated heterocycles. The van der Waals surface area contributed by atoms with Gasteiger partial charge < -0.3 is 9.84 Å². The van der Waals surface area contributed by atoms with Gasteiger partial charge in [-0.15, -0.1) is 0 Å². The van der Waals surface area contributed by atoms with Crippen LogP contribution < -0.4 is 0 Å². The highest BCUT2D eigenvalue weighted by molar-refractivity contribution is 4.72. The van der Waals surface area contributed by atoms with Gasteiger partial charge in [0.1, 0.15) is 0 Å². The number of nitrogens with zero attached hydrogens (tertiary/aromatic N) is 1. The molecule has 0 aliphatic heterocycles. The fourth-order valence-corrected chi connectivity index (χ4v) is 1.81. The topological polar surface area (TPSA) is 32.7 Å². The molecular formula is C11H25NO2. The van der Waals surface area contributed by atoms with E-state index in [1.807, 2.05) is 6.92 Å². The number of ether oxygens (including phenoxy) is 1. The molecule has 0 amide bonds. The summed E-state index contributed by atoms with van der Waals surface area (Å²) in [6.07, 6.45) is 0.593. The van der Waals surface area contributed by atoms with Gasteiger partial charge in [0, 0.05) is 25.7 Å². The second kappa shape index (κ2) is 7.21. The first kappa shape index (κ1) is 13.9. The van der Waals surface area contributed by atoms with Gasteiger partial charge in [0.15, 0.2) is 0 Å². The summed E-state index contributed by atoms with van der Waals surface area (Å²) in [6.45, 7) is 10.0. The molecule has 0 aromatic heterocycles. The minimum Gasteiger partial charge on any atom is -0.393 e. The monoisotopic (exact) mass is 203 g/mol. The van der Waals surface area contributed by atoms with E-state index < -0.39 is 0 Å². The fourth-order valence-electron chi connectivity index (χ4n) is 1.81. The average Bonchev–Trinajstić information content (AvgIpc) is 2.02. The summed E-state index contributed by atoms with van der Waals surface area (Å²) in [5, 5.41) is 9.32. The minimum atomic E-state index is -0.228. The molecule has 0 aromatic rings. The van der Waals surface area contributed by atoms with E-state index in [4.69, 9.17) is 4.74 Å². The van der Waals surface area contributed by atoms with Crippen molar-refractivity contribution in [2.24, 2.45) is 0 Å². The molecule has 14 heavy (non-hydrogen) atoms. The van der Waals surface area contributed by atoms with Crippen LogP contribution in [0.25, 0.3) is 0 Å². The molecule has 2 atom stereocenters. The normalized spacial score (nSPS) is 16.3. The first-order valence-electron chi connectivity index (χ1n) is 5.41. The van der Waals surface area contributed by atoms with E-state index in [0.717, 1.165) is 19.6 Å². The second-order valence-electron chi connectivity index (χ2n) is 4.26. The maximum atomic E-state index is 9.32. The zero-order valence-electron chi connectivity index (χ0n) is 10.2. The molecule has 0 bridgehead atoms. The molecule has 86 valence electrons. The first-order valence-corrected chi connectivity index (χ1v) is 5.41. The quantitative estimate of drug-likeness (QED) is 0.680. The van der Waals surface area contributed by atoms with Crippen molar-refractivity contribution in [1.82, 2.24) is 4.90 Å². The summed E-state index contributed by atoms with van der Waals surface area (Å²) in [4.78, 5) is 2.36. The van der Waals surface area contributed by atoms with Gasteiger partial charge in [0.05, 0.1) is 12.7 Å². The van der Waals surface area contributed by atoms with Crippen LogP contribution in [0.15, 0.2) is 0 Å². The largest absolute Gasteiger partial charge is 0.393 e. The van der Waals surface area contributed by atoms with Crippen LogP contribution in [0.4, 0.5) is 0 Å². The van der Waals surface area contributed by atoms with Crippen molar-refractivity contribution in [2.75, 3.05) is 20.3 Å². The van der Waals surface area contributed by atoms with Crippen LogP contribution in [0.3, 0.4) is 0 Å². The number of methoxy groups -OCH3 is 1. The van der Waals surface area contributed by atoms with Crippen molar-refractivity contribution in [3.8, 4) is 0 Å². The van der Waals surface area contributed by atoms with E-state index >= 15 is 0 Å². The van der Waals surface area contributed by atoms with Crippen molar-refractivity contribution in [1.29, 1.82) is 0 Å². The molecule has 0 aromatic carbocycles. The predicted molar refractivity (Wildman–Crippen MR) is 59.5 cm³/mol. The van der Waals surface area contributed by atoms with Crippen LogP contribution in [0, 0.1) is 0 Å². The molecule has 0 saturated carbocycles. The smallest absolute Gasteiger partial charge is 0.0589 e. The van der Waals surface area contributed by atoms with Crippen molar-refractivity contribution in [3.05, 3.63) is 0 Å². The minimum absolute atomic E-state index is 0.228. The lowest BCUT2D eigenvalue weighted by atomic mass is 10.1. The highest BCUT2D eigenvalue weighted by atomic mass is 16.5. The SMILES string of the molecule is COCCN(C(C)C)C(C)CC(C)O. The van der Waals surface area contributed by atoms with Crippen LogP contribution >= 0.6 is 0 Å². The lowest BCUT2D eigenvalue weighted by Crippen LogP contribution is -2.42. The Bertz CT molecular complexity index is 137. The molecule has 0 radical (unpaired) electrons. The van der Waals surface area contributed by atoms with Crippen molar-refractivity contribution in [2.45, 2.75) is 52.3 Å². The molecular weight excluding hydrogens is 178 g/mol. The molecule has 3 nitrogen and oxygen atoms in total. The Kier molecular flexibility index (Phi) is 7.15. The zero-order chi connectivity index (χ0) is 11.1. The Balaban J connectivity index is 4.04. The summed E-state index contributed by atoms with van der Waals surface area (Å²) in [5.74, 6) is 0. The number of hydrogen-bond donors (Lipinski definition) is 1. The summed E-state index contributed by atoms with van der Waals surface area (Å²) < 4.78 is 5.07. The van der Waals surface area contributed by atoms with Crippen molar-refractivity contribution < 1.29 is 9.84 Å². The van der Waals surface area contributed by atoms with Gasteiger partial charge in [0.25, 0.3) is 0 Å². The van der Waals surface area contributed by atoms with Gasteiger partial charge in [-0.2, -0.15) is 0 Å². The van der Waals surface area contributed by atoms with E-state index in [2.05, 4.69) is 25.7 Å². The molecule has 0 aliphatic carbocycles. The van der Waals surface area contributed by atoms with Gasteiger partial charge >= 0.3 is 0 Å². The maximum absolute atomic E-state index is 9.32. The van der Waals surface area contributed by atoms with Crippen molar-refractivity contribution >= 4 is 0 Å². The van der Waals surface area contributed by atoms with Gasteiger partial charge in [-0.05, 0) is 34.1 Å². The number of aliphatic hydroxyl groups is 1. The van der Waals surface area contributed by atoms with Gasteiger partial charge in [-0.3, -0.25) is 4.90 Å². The van der Waals surface area contributed by atoms with Gasteiger partial charge in [-0.25, -0.2) is 0 Å². The van der Waals surface area contributed by atoms with Crippen LogP contribution in [0.5, 0.6) is 0 Å². The Morgan fingerprint density at radius 1 is 1.21 bits per heavy atom. The molecule has 0 fully saturated rings. The fraction of sp³-hybridized carbons (Fsp3) is 1.00. The number of rotatable bonds is 7. The average molecular weight is 203 g/mol. The highest BCUT2D eigenvalue weighted by Crippen LogP contribution is 2.10. The molecule has 0 heterocycles. The Hall–Kier alpha value is -0.120. The first-order chi connectivity index (χ1) is 6.49. The lowest BCUT2D eigenvalue weighted by molar-refractivity contribution is 0.0724. The summed E-state index contributed by atoms with van der Waals surface area (Å²) in [5.41, 5.74) is 0. The number of aliphatic hydroxyl groups excluding tert-OH is 1. The van der Waals surface area contributed by atoms with E-state index in [-0.39, 0.29) is 6.10 Å². The molecule has 0 aliphatic rings. The molecule has 3 heteroatoms. The summed E-state index contributed by atoms with van der Waals surface area (Å²) in [6, 6.07) is 0.907. The van der Waals surface area contributed by atoms with E-state index in [1.165, 1.54) is 0 Å². The molecule has 0 spiro atoms. The van der Waals surface area contributed by atoms with Crippen LogP contribution in [0.2, 0.25) is 0 Å². The van der Waals surface area contributed by atoms with Crippen LogP contribution in [-0.4, -0.2) is 48.5 Å². The molecule has 2 unspecified atom stereocenters. The molecule has 0 rings (SSSR count). The Labute approximate surface area is 88.1 Å². The molecule has 1 N–H and O–H groups in total. The third-order valence-electron chi connectivity index (χ3n) is 2.47. The summed E-state index contributed by atoms with van der Waals surface area (Å²) >= 11 is 0. The predicted octanol–water partition coefficient (Wildman–Crippen LogP) is 1.50. The zero-order valence-corrected chi connectivity index (χ0v) is 10.2. The van der Waals surface area contributed by atoms with Gasteiger partial charge in [0.2, 0.25) is 0 Å². The second-order valence-corrected chi connectivity index (χ2v) is 4.26. The van der Waals surface area contributed by atoms with Crippen LogP contribution in [0.1, 0.15) is 34.1 Å². The van der Waals surface area contributed by atoms with Crippen molar-refractivity contribution in [3.63, 3.8) is 0 Å². The third kappa shape index (κ3) is 5.58. The number of hydrogen-bond acceptors (Lipinski definition) is 3. The summed E-state index contributed by atoms with van der Waals surface area (Å²) in [7, 11) is 1.72.